The summed E-state index contributed by atoms with van der Waals surface area (Å²) in [5, 5.41) is 2.54. The van der Waals surface area contributed by atoms with E-state index in [1.165, 1.54) is 42.5 Å². The van der Waals surface area contributed by atoms with Crippen molar-refractivity contribution in [2.75, 3.05) is 11.9 Å². The minimum atomic E-state index is -3.85. The first-order chi connectivity index (χ1) is 14.4. The Morgan fingerprint density at radius 1 is 1.00 bits per heavy atom. The maximum absolute atomic E-state index is 13.9. The molecule has 0 atom stereocenters. The predicted molar refractivity (Wildman–Crippen MR) is 112 cm³/mol. The number of anilines is 1. The van der Waals surface area contributed by atoms with Gasteiger partial charge < -0.3 is 10.1 Å². The monoisotopic (exact) mass is 428 g/mol. The molecule has 156 valence electrons. The van der Waals surface area contributed by atoms with E-state index in [2.05, 4.69) is 10.0 Å². The Labute approximate surface area is 174 Å². The fraction of sp³-hybridized carbons (Fsp3) is 0.136. The molecule has 0 radical (unpaired) electrons. The number of sulfonamides is 1. The second-order valence-corrected chi connectivity index (χ2v) is 8.10. The topological polar surface area (TPSA) is 84.5 Å². The first-order valence-corrected chi connectivity index (χ1v) is 10.8. The van der Waals surface area contributed by atoms with Gasteiger partial charge in [0, 0.05) is 6.54 Å². The average molecular weight is 428 g/mol. The van der Waals surface area contributed by atoms with Crippen molar-refractivity contribution in [1.29, 1.82) is 0 Å². The molecule has 0 heterocycles. The zero-order chi connectivity index (χ0) is 21.6. The molecule has 0 aliphatic rings. The molecule has 1 amide bonds. The third-order valence-corrected chi connectivity index (χ3v) is 5.64. The lowest BCUT2D eigenvalue weighted by atomic mass is 10.2. The molecule has 3 aromatic carbocycles. The Morgan fingerprint density at radius 2 is 1.70 bits per heavy atom. The van der Waals surface area contributed by atoms with Crippen molar-refractivity contribution in [3.8, 4) is 5.75 Å². The maximum Gasteiger partial charge on any atom is 0.258 e. The third-order valence-electron chi connectivity index (χ3n) is 4.24. The number of carbonyl (C=O) groups is 1. The lowest BCUT2D eigenvalue weighted by Crippen LogP contribution is -2.23. The van der Waals surface area contributed by atoms with E-state index in [0.717, 1.165) is 5.56 Å². The Kier molecular flexibility index (Phi) is 6.81. The quantitative estimate of drug-likeness (QED) is 0.569. The van der Waals surface area contributed by atoms with Crippen molar-refractivity contribution >= 4 is 21.6 Å². The number of amides is 1. The molecule has 6 nitrogen and oxygen atoms in total. The van der Waals surface area contributed by atoms with E-state index in [9.17, 15) is 17.6 Å². The van der Waals surface area contributed by atoms with Gasteiger partial charge >= 0.3 is 0 Å². The Morgan fingerprint density at radius 3 is 2.40 bits per heavy atom. The summed E-state index contributed by atoms with van der Waals surface area (Å²) < 4.78 is 47.3. The van der Waals surface area contributed by atoms with Gasteiger partial charge in [0.2, 0.25) is 10.0 Å². The summed E-state index contributed by atoms with van der Waals surface area (Å²) in [6, 6.07) is 18.7. The van der Waals surface area contributed by atoms with E-state index in [-0.39, 0.29) is 28.4 Å². The van der Waals surface area contributed by atoms with Crippen LogP contribution in [0.4, 0.5) is 10.1 Å². The van der Waals surface area contributed by atoms with Crippen LogP contribution >= 0.6 is 0 Å². The number of carbonyl (C=O) groups excluding carboxylic acids is 1. The molecular weight excluding hydrogens is 407 g/mol. The van der Waals surface area contributed by atoms with Gasteiger partial charge in [-0.3, -0.25) is 4.79 Å². The van der Waals surface area contributed by atoms with Crippen molar-refractivity contribution < 1.29 is 22.3 Å². The van der Waals surface area contributed by atoms with E-state index in [0.29, 0.717) is 6.61 Å². The van der Waals surface area contributed by atoms with Gasteiger partial charge in [-0.15, -0.1) is 0 Å². The standard InChI is InChI=1S/C22H21FN2O4S/c1-2-29-21-13-12-17(30(27,28)24-15-16-8-4-3-5-9-16)14-20(21)25-22(26)18-10-6-7-11-19(18)23/h3-14,24H,2,15H2,1H3,(H,25,26). The van der Waals surface area contributed by atoms with Crippen LogP contribution in [0.15, 0.2) is 77.7 Å². The molecule has 0 fully saturated rings. The third kappa shape index (κ3) is 5.22. The SMILES string of the molecule is CCOc1ccc(S(=O)(=O)NCc2ccccc2)cc1NC(=O)c1ccccc1F. The number of ether oxygens (including phenoxy) is 1. The highest BCUT2D eigenvalue weighted by Gasteiger charge is 2.19. The fourth-order valence-corrected chi connectivity index (χ4v) is 3.79. The number of halogens is 1. The molecule has 0 bridgehead atoms. The van der Waals surface area contributed by atoms with Crippen molar-refractivity contribution in [2.24, 2.45) is 0 Å². The molecule has 0 aliphatic heterocycles. The highest BCUT2D eigenvalue weighted by molar-refractivity contribution is 7.89. The smallest absolute Gasteiger partial charge is 0.258 e. The van der Waals surface area contributed by atoms with Gasteiger partial charge in [0.15, 0.2) is 0 Å². The number of rotatable bonds is 8. The van der Waals surface area contributed by atoms with Gasteiger partial charge in [-0.25, -0.2) is 17.5 Å². The van der Waals surface area contributed by atoms with E-state index in [4.69, 9.17) is 4.74 Å². The lowest BCUT2D eigenvalue weighted by Gasteiger charge is -2.14. The van der Waals surface area contributed by atoms with Gasteiger partial charge in [-0.05, 0) is 42.8 Å². The minimum Gasteiger partial charge on any atom is -0.492 e. The predicted octanol–water partition coefficient (Wildman–Crippen LogP) is 3.96. The zero-order valence-electron chi connectivity index (χ0n) is 16.3. The zero-order valence-corrected chi connectivity index (χ0v) is 17.1. The Hall–Kier alpha value is -3.23. The largest absolute Gasteiger partial charge is 0.492 e. The van der Waals surface area contributed by atoms with Crippen LogP contribution in [-0.2, 0) is 16.6 Å². The highest BCUT2D eigenvalue weighted by Crippen LogP contribution is 2.28. The summed E-state index contributed by atoms with van der Waals surface area (Å²) in [4.78, 5) is 12.4. The van der Waals surface area contributed by atoms with Crippen LogP contribution in [0.3, 0.4) is 0 Å². The molecular formula is C22H21FN2O4S. The minimum absolute atomic E-state index is 0.0503. The van der Waals surface area contributed by atoms with Crippen LogP contribution in [0, 0.1) is 5.82 Å². The van der Waals surface area contributed by atoms with Crippen LogP contribution in [0.25, 0.3) is 0 Å². The number of benzene rings is 3. The summed E-state index contributed by atoms with van der Waals surface area (Å²) in [6.07, 6.45) is 0. The van der Waals surface area contributed by atoms with Gasteiger partial charge in [0.25, 0.3) is 5.91 Å². The summed E-state index contributed by atoms with van der Waals surface area (Å²) in [5.41, 5.74) is 0.781. The lowest BCUT2D eigenvalue weighted by molar-refractivity contribution is 0.102. The highest BCUT2D eigenvalue weighted by atomic mass is 32.2. The second-order valence-electron chi connectivity index (χ2n) is 6.34. The van der Waals surface area contributed by atoms with Crippen LogP contribution < -0.4 is 14.8 Å². The molecule has 30 heavy (non-hydrogen) atoms. The van der Waals surface area contributed by atoms with Gasteiger partial charge in [-0.1, -0.05) is 42.5 Å². The van der Waals surface area contributed by atoms with Crippen molar-refractivity contribution in [3.05, 3.63) is 89.7 Å². The van der Waals surface area contributed by atoms with Crippen molar-refractivity contribution in [1.82, 2.24) is 4.72 Å². The van der Waals surface area contributed by atoms with Gasteiger partial charge in [-0.2, -0.15) is 0 Å². The molecule has 3 rings (SSSR count). The summed E-state index contributed by atoms with van der Waals surface area (Å²) in [5.74, 6) is -1.11. The van der Waals surface area contributed by atoms with Gasteiger partial charge in [0.1, 0.15) is 11.6 Å². The normalized spacial score (nSPS) is 11.1. The summed E-state index contributed by atoms with van der Waals surface area (Å²) in [7, 11) is -3.85. The number of nitrogens with one attached hydrogen (secondary N) is 2. The molecule has 0 saturated carbocycles. The number of hydrogen-bond donors (Lipinski definition) is 2. The first kappa shape index (κ1) is 21.5. The average Bonchev–Trinajstić information content (AvgIpc) is 2.74. The molecule has 0 aliphatic carbocycles. The molecule has 2 N–H and O–H groups in total. The fourth-order valence-electron chi connectivity index (χ4n) is 2.75. The van der Waals surface area contributed by atoms with E-state index in [1.54, 1.807) is 19.1 Å². The summed E-state index contributed by atoms with van der Waals surface area (Å²) in [6.45, 7) is 2.18. The molecule has 0 aromatic heterocycles. The van der Waals surface area contributed by atoms with Crippen LogP contribution in [0.2, 0.25) is 0 Å². The molecule has 3 aromatic rings. The Balaban J connectivity index is 1.86. The van der Waals surface area contributed by atoms with E-state index < -0.39 is 21.7 Å². The van der Waals surface area contributed by atoms with Crippen molar-refractivity contribution in [3.63, 3.8) is 0 Å². The molecule has 0 saturated heterocycles. The van der Waals surface area contributed by atoms with Crippen molar-refractivity contribution in [2.45, 2.75) is 18.4 Å². The van der Waals surface area contributed by atoms with E-state index >= 15 is 0 Å². The first-order valence-electron chi connectivity index (χ1n) is 9.27. The summed E-state index contributed by atoms with van der Waals surface area (Å²) >= 11 is 0. The van der Waals surface area contributed by atoms with Gasteiger partial charge in [0.05, 0.1) is 22.8 Å². The van der Waals surface area contributed by atoms with Crippen LogP contribution in [0.5, 0.6) is 5.75 Å². The number of hydrogen-bond acceptors (Lipinski definition) is 4. The van der Waals surface area contributed by atoms with Crippen LogP contribution in [-0.4, -0.2) is 20.9 Å². The molecule has 0 unspecified atom stereocenters. The Bertz CT molecular complexity index is 1130. The second kappa shape index (κ2) is 9.51. The molecule has 0 spiro atoms. The molecule has 8 heteroatoms. The maximum atomic E-state index is 13.9. The van der Waals surface area contributed by atoms with Crippen LogP contribution in [0.1, 0.15) is 22.8 Å². The van der Waals surface area contributed by atoms with E-state index in [1.807, 2.05) is 18.2 Å².